The molecule has 1 aromatic rings. The number of sulfonamides is 1. The van der Waals surface area contributed by atoms with Crippen molar-refractivity contribution in [3.05, 3.63) is 28.8 Å². The Hall–Kier alpha value is -1.11. The first-order chi connectivity index (χ1) is 8.30. The topological polar surface area (TPSA) is 74.7 Å². The summed E-state index contributed by atoms with van der Waals surface area (Å²) in [7, 11) is -2.21. The SMILES string of the molecule is CCCN(C)S(=O)(=O)c1ccc(Cl)c(C(=O)O)c1. The highest BCUT2D eigenvalue weighted by Gasteiger charge is 2.22. The van der Waals surface area contributed by atoms with Crippen LogP contribution in [0.1, 0.15) is 23.7 Å². The van der Waals surface area contributed by atoms with Gasteiger partial charge in [-0.15, -0.1) is 0 Å². The summed E-state index contributed by atoms with van der Waals surface area (Å²) in [4.78, 5) is 10.8. The summed E-state index contributed by atoms with van der Waals surface area (Å²) in [6.07, 6.45) is 0.676. The van der Waals surface area contributed by atoms with Crippen LogP contribution in [0.15, 0.2) is 23.1 Å². The molecule has 0 aliphatic carbocycles. The number of aromatic carboxylic acids is 1. The number of rotatable bonds is 5. The van der Waals surface area contributed by atoms with Crippen LogP contribution >= 0.6 is 11.6 Å². The van der Waals surface area contributed by atoms with Gasteiger partial charge in [-0.05, 0) is 24.6 Å². The van der Waals surface area contributed by atoms with Gasteiger partial charge in [0.1, 0.15) is 0 Å². The van der Waals surface area contributed by atoms with Crippen LogP contribution in [-0.2, 0) is 10.0 Å². The summed E-state index contributed by atoms with van der Waals surface area (Å²) in [5.41, 5.74) is -0.220. The van der Waals surface area contributed by atoms with E-state index in [-0.39, 0.29) is 15.5 Å². The highest BCUT2D eigenvalue weighted by atomic mass is 35.5. The Morgan fingerprint density at radius 1 is 1.44 bits per heavy atom. The van der Waals surface area contributed by atoms with Gasteiger partial charge in [-0.1, -0.05) is 18.5 Å². The van der Waals surface area contributed by atoms with Gasteiger partial charge >= 0.3 is 5.97 Å². The third-order valence-electron chi connectivity index (χ3n) is 2.41. The second kappa shape index (κ2) is 5.69. The van der Waals surface area contributed by atoms with E-state index in [1.807, 2.05) is 6.92 Å². The van der Waals surface area contributed by atoms with E-state index in [9.17, 15) is 13.2 Å². The Morgan fingerprint density at radius 2 is 2.06 bits per heavy atom. The maximum atomic E-state index is 12.1. The minimum atomic E-state index is -3.66. The fourth-order valence-corrected chi connectivity index (χ4v) is 2.93. The van der Waals surface area contributed by atoms with E-state index in [1.54, 1.807) is 0 Å². The minimum Gasteiger partial charge on any atom is -0.478 e. The first kappa shape index (κ1) is 14.9. The molecule has 18 heavy (non-hydrogen) atoms. The van der Waals surface area contributed by atoms with Gasteiger partial charge in [0.05, 0.1) is 15.5 Å². The summed E-state index contributed by atoms with van der Waals surface area (Å²) < 4.78 is 25.4. The number of carbonyl (C=O) groups is 1. The maximum absolute atomic E-state index is 12.1. The second-order valence-electron chi connectivity index (χ2n) is 3.77. The van der Waals surface area contributed by atoms with Crippen molar-refractivity contribution in [3.8, 4) is 0 Å². The number of nitrogens with zero attached hydrogens (tertiary/aromatic N) is 1. The minimum absolute atomic E-state index is 0.0135. The van der Waals surface area contributed by atoms with E-state index in [1.165, 1.54) is 23.5 Å². The van der Waals surface area contributed by atoms with Crippen molar-refractivity contribution in [1.82, 2.24) is 4.31 Å². The van der Waals surface area contributed by atoms with Crippen LogP contribution in [0.5, 0.6) is 0 Å². The Bertz CT molecular complexity index is 556. The van der Waals surface area contributed by atoms with Gasteiger partial charge < -0.3 is 5.11 Å². The number of hydrogen-bond donors (Lipinski definition) is 1. The molecule has 7 heteroatoms. The smallest absolute Gasteiger partial charge is 0.337 e. The van der Waals surface area contributed by atoms with Gasteiger partial charge in [-0.2, -0.15) is 0 Å². The molecule has 1 rings (SSSR count). The predicted molar refractivity (Wildman–Crippen MR) is 68.5 cm³/mol. The molecule has 0 amide bonds. The van der Waals surface area contributed by atoms with E-state index < -0.39 is 16.0 Å². The zero-order valence-corrected chi connectivity index (χ0v) is 11.6. The van der Waals surface area contributed by atoms with E-state index in [2.05, 4.69) is 0 Å². The predicted octanol–water partition coefficient (Wildman–Crippen LogP) is 2.07. The molecule has 0 atom stereocenters. The summed E-state index contributed by atoms with van der Waals surface area (Å²) in [5, 5.41) is 8.92. The highest BCUT2D eigenvalue weighted by molar-refractivity contribution is 7.89. The standard InChI is InChI=1S/C11H14ClNO4S/c1-3-6-13(2)18(16,17)8-4-5-10(12)9(7-8)11(14)15/h4-5,7H,3,6H2,1-2H3,(H,14,15). The Labute approximate surface area is 111 Å². The van der Waals surface area contributed by atoms with Gasteiger partial charge in [0.2, 0.25) is 10.0 Å². The van der Waals surface area contributed by atoms with Gasteiger partial charge in [0.25, 0.3) is 0 Å². The summed E-state index contributed by atoms with van der Waals surface area (Å²) in [5.74, 6) is -1.25. The lowest BCUT2D eigenvalue weighted by molar-refractivity contribution is 0.0697. The number of carboxylic acid groups (broad SMARTS) is 1. The van der Waals surface area contributed by atoms with Crippen molar-refractivity contribution in [2.45, 2.75) is 18.2 Å². The van der Waals surface area contributed by atoms with Gasteiger partial charge in [0.15, 0.2) is 0 Å². The Kier molecular flexibility index (Phi) is 4.72. The van der Waals surface area contributed by atoms with Crippen molar-refractivity contribution < 1.29 is 18.3 Å². The lowest BCUT2D eigenvalue weighted by Crippen LogP contribution is -2.27. The molecule has 0 fully saturated rings. The Balaban J connectivity index is 3.26. The van der Waals surface area contributed by atoms with Crippen molar-refractivity contribution in [1.29, 1.82) is 0 Å². The lowest BCUT2D eigenvalue weighted by atomic mass is 10.2. The summed E-state index contributed by atoms with van der Waals surface area (Å²) >= 11 is 5.69. The third kappa shape index (κ3) is 3.01. The van der Waals surface area contributed by atoms with Crippen LogP contribution in [0.3, 0.4) is 0 Å². The zero-order chi connectivity index (χ0) is 13.9. The zero-order valence-electron chi connectivity index (χ0n) is 10.1. The third-order valence-corrected chi connectivity index (χ3v) is 4.60. The highest BCUT2D eigenvalue weighted by Crippen LogP contribution is 2.22. The van der Waals surface area contributed by atoms with Crippen LogP contribution < -0.4 is 0 Å². The molecule has 0 aliphatic rings. The molecular formula is C11H14ClNO4S. The van der Waals surface area contributed by atoms with Crippen LogP contribution in [0, 0.1) is 0 Å². The Morgan fingerprint density at radius 3 is 2.56 bits per heavy atom. The molecule has 0 radical (unpaired) electrons. The van der Waals surface area contributed by atoms with Crippen LogP contribution in [-0.4, -0.2) is 37.4 Å². The number of halogens is 1. The average Bonchev–Trinajstić information content (AvgIpc) is 2.29. The fourth-order valence-electron chi connectivity index (χ4n) is 1.44. The summed E-state index contributed by atoms with van der Waals surface area (Å²) in [6, 6.07) is 3.65. The molecular weight excluding hydrogens is 278 g/mol. The maximum Gasteiger partial charge on any atom is 0.337 e. The molecule has 0 spiro atoms. The quantitative estimate of drug-likeness (QED) is 0.901. The summed E-state index contributed by atoms with van der Waals surface area (Å²) in [6.45, 7) is 2.23. The molecule has 0 saturated heterocycles. The van der Waals surface area contributed by atoms with Crippen LogP contribution in [0.4, 0.5) is 0 Å². The molecule has 0 aromatic heterocycles. The van der Waals surface area contributed by atoms with Crippen LogP contribution in [0.25, 0.3) is 0 Å². The van der Waals surface area contributed by atoms with E-state index in [4.69, 9.17) is 16.7 Å². The molecule has 100 valence electrons. The van der Waals surface area contributed by atoms with Gasteiger partial charge in [0, 0.05) is 13.6 Å². The molecule has 0 aliphatic heterocycles. The van der Waals surface area contributed by atoms with Gasteiger partial charge in [-0.3, -0.25) is 0 Å². The lowest BCUT2D eigenvalue weighted by Gasteiger charge is -2.16. The monoisotopic (exact) mass is 291 g/mol. The van der Waals surface area contributed by atoms with Crippen molar-refractivity contribution in [2.24, 2.45) is 0 Å². The first-order valence-corrected chi connectivity index (χ1v) is 7.11. The molecule has 1 N–H and O–H groups in total. The molecule has 5 nitrogen and oxygen atoms in total. The number of benzene rings is 1. The molecule has 0 heterocycles. The van der Waals surface area contributed by atoms with Crippen molar-refractivity contribution in [2.75, 3.05) is 13.6 Å². The van der Waals surface area contributed by atoms with Crippen LogP contribution in [0.2, 0.25) is 5.02 Å². The second-order valence-corrected chi connectivity index (χ2v) is 6.23. The molecule has 0 bridgehead atoms. The van der Waals surface area contributed by atoms with E-state index >= 15 is 0 Å². The molecule has 1 aromatic carbocycles. The van der Waals surface area contributed by atoms with E-state index in [0.29, 0.717) is 13.0 Å². The fraction of sp³-hybridized carbons (Fsp3) is 0.364. The van der Waals surface area contributed by atoms with Gasteiger partial charge in [-0.25, -0.2) is 17.5 Å². The largest absolute Gasteiger partial charge is 0.478 e. The van der Waals surface area contributed by atoms with Crippen molar-refractivity contribution >= 4 is 27.6 Å². The number of hydrogen-bond acceptors (Lipinski definition) is 3. The molecule has 0 saturated carbocycles. The molecule has 0 unspecified atom stereocenters. The first-order valence-electron chi connectivity index (χ1n) is 5.30. The number of carboxylic acids is 1. The normalized spacial score (nSPS) is 11.8. The average molecular weight is 292 g/mol. The van der Waals surface area contributed by atoms with E-state index in [0.717, 1.165) is 6.07 Å². The van der Waals surface area contributed by atoms with Crippen molar-refractivity contribution in [3.63, 3.8) is 0 Å².